The van der Waals surface area contributed by atoms with Crippen LogP contribution >= 0.6 is 0 Å². The van der Waals surface area contributed by atoms with Gasteiger partial charge in [0.15, 0.2) is 0 Å². The Hall–Kier alpha value is -2.98. The second-order valence-corrected chi connectivity index (χ2v) is 6.04. The molecular weight excluding hydrogens is 296 g/mol. The van der Waals surface area contributed by atoms with Crippen LogP contribution < -0.4 is 11.5 Å². The predicted molar refractivity (Wildman–Crippen MR) is 101 cm³/mol. The maximum absolute atomic E-state index is 8.53. The van der Waals surface area contributed by atoms with E-state index < -0.39 is 0 Å². The highest BCUT2D eigenvalue weighted by Crippen LogP contribution is 2.32. The molecule has 4 rings (SSSR count). The molecule has 0 fully saturated rings. The maximum Gasteiger partial charge on any atom is 0.0890 e. The number of rotatable bonds is 1. The average molecular weight is 314 g/mol. The van der Waals surface area contributed by atoms with Crippen LogP contribution in [0.5, 0.6) is 0 Å². The number of hydrogen-bond acceptors (Lipinski definition) is 4. The topological polar surface area (TPSA) is 88.2 Å². The maximum atomic E-state index is 8.53. The summed E-state index contributed by atoms with van der Waals surface area (Å²) in [5, 5.41) is 10.5. The second-order valence-electron chi connectivity index (χ2n) is 6.04. The van der Waals surface area contributed by atoms with E-state index in [0.717, 1.165) is 34.0 Å². The Kier molecular flexibility index (Phi) is 3.40. The molecule has 4 heteroatoms. The van der Waals surface area contributed by atoms with E-state index in [1.807, 2.05) is 54.6 Å². The Morgan fingerprint density at radius 1 is 1.04 bits per heavy atom. The number of fused-ring (bicyclic) bond motifs is 1. The first-order chi connectivity index (χ1) is 11.6. The van der Waals surface area contributed by atoms with E-state index in [-0.39, 0.29) is 6.04 Å². The SMILES string of the molecule is N=C1C(=Nc2cccc3cccc(N)c23)C=CC2=C1C(N)CC=C2. The van der Waals surface area contributed by atoms with Crippen LogP contribution in [0.3, 0.4) is 0 Å². The van der Waals surface area contributed by atoms with Gasteiger partial charge in [0.1, 0.15) is 0 Å². The third-order valence-corrected chi connectivity index (χ3v) is 4.47. The number of nitrogens with two attached hydrogens (primary N) is 2. The highest BCUT2D eigenvalue weighted by atomic mass is 14.8. The molecule has 2 aromatic rings. The van der Waals surface area contributed by atoms with Gasteiger partial charge >= 0.3 is 0 Å². The van der Waals surface area contributed by atoms with Gasteiger partial charge in [0.05, 0.1) is 17.1 Å². The number of benzene rings is 2. The Morgan fingerprint density at radius 2 is 1.83 bits per heavy atom. The number of anilines is 1. The van der Waals surface area contributed by atoms with Gasteiger partial charge < -0.3 is 11.5 Å². The first-order valence-electron chi connectivity index (χ1n) is 7.95. The summed E-state index contributed by atoms with van der Waals surface area (Å²) in [5.41, 5.74) is 16.7. The number of allylic oxidation sites excluding steroid dienone is 4. The molecule has 118 valence electrons. The third kappa shape index (κ3) is 2.28. The van der Waals surface area contributed by atoms with Crippen LogP contribution in [0.1, 0.15) is 6.42 Å². The molecule has 1 atom stereocenters. The van der Waals surface area contributed by atoms with Gasteiger partial charge in [-0.2, -0.15) is 0 Å². The van der Waals surface area contributed by atoms with Crippen molar-refractivity contribution in [2.45, 2.75) is 12.5 Å². The number of nitrogens with one attached hydrogen (secondary N) is 1. The number of aliphatic imine (C=N–C) groups is 1. The van der Waals surface area contributed by atoms with E-state index >= 15 is 0 Å². The number of nitrogens with zero attached hydrogens (tertiary/aromatic N) is 1. The molecule has 0 spiro atoms. The zero-order chi connectivity index (χ0) is 16.7. The zero-order valence-corrected chi connectivity index (χ0v) is 13.2. The smallest absolute Gasteiger partial charge is 0.0890 e. The molecule has 5 N–H and O–H groups in total. The fourth-order valence-electron chi connectivity index (χ4n) is 3.29. The van der Waals surface area contributed by atoms with Crippen molar-refractivity contribution >= 4 is 33.6 Å². The minimum absolute atomic E-state index is 0.148. The Labute approximate surface area is 140 Å². The van der Waals surface area contributed by atoms with Crippen molar-refractivity contribution in [2.75, 3.05) is 5.73 Å². The summed E-state index contributed by atoms with van der Waals surface area (Å²) in [6, 6.07) is 11.6. The summed E-state index contributed by atoms with van der Waals surface area (Å²) in [6.07, 6.45) is 8.69. The van der Waals surface area contributed by atoms with E-state index in [9.17, 15) is 0 Å². The predicted octanol–water partition coefficient (Wildman–Crippen LogP) is 3.67. The lowest BCUT2D eigenvalue weighted by atomic mass is 9.84. The molecule has 0 saturated heterocycles. The molecule has 2 aliphatic rings. The molecule has 0 heterocycles. The van der Waals surface area contributed by atoms with Gasteiger partial charge in [-0.3, -0.25) is 5.41 Å². The molecule has 2 aliphatic carbocycles. The standard InChI is InChI=1S/C20H18N4/c21-14-7-1-4-12-6-3-9-16(18(12)14)24-17-11-10-13-5-2-8-15(22)19(13)20(17)23/h1-7,9-11,15,23H,8,21-22H2. The fourth-order valence-corrected chi connectivity index (χ4v) is 3.29. The molecule has 0 saturated carbocycles. The quantitative estimate of drug-likeness (QED) is 0.554. The van der Waals surface area contributed by atoms with Gasteiger partial charge in [0.2, 0.25) is 0 Å². The molecule has 0 aromatic heterocycles. The largest absolute Gasteiger partial charge is 0.398 e. The van der Waals surface area contributed by atoms with Crippen molar-refractivity contribution in [3.05, 3.63) is 71.8 Å². The van der Waals surface area contributed by atoms with E-state index in [1.165, 1.54) is 0 Å². The van der Waals surface area contributed by atoms with Gasteiger partial charge in [0, 0.05) is 22.7 Å². The summed E-state index contributed by atoms with van der Waals surface area (Å²) in [4.78, 5) is 4.73. The van der Waals surface area contributed by atoms with Crippen molar-refractivity contribution in [3.63, 3.8) is 0 Å². The van der Waals surface area contributed by atoms with Crippen molar-refractivity contribution in [1.29, 1.82) is 5.41 Å². The van der Waals surface area contributed by atoms with Crippen LogP contribution in [-0.4, -0.2) is 17.5 Å². The minimum atomic E-state index is -0.148. The molecule has 1 unspecified atom stereocenters. The molecule has 0 bridgehead atoms. The van der Waals surface area contributed by atoms with Crippen LogP contribution in [0.4, 0.5) is 11.4 Å². The Bertz CT molecular complexity index is 971. The van der Waals surface area contributed by atoms with Gasteiger partial charge in [-0.15, -0.1) is 0 Å². The number of nitrogen functional groups attached to an aromatic ring is 1. The van der Waals surface area contributed by atoms with Crippen molar-refractivity contribution in [2.24, 2.45) is 10.7 Å². The highest BCUT2D eigenvalue weighted by Gasteiger charge is 2.24. The summed E-state index contributed by atoms with van der Waals surface area (Å²) in [5.74, 6) is 0. The molecule has 24 heavy (non-hydrogen) atoms. The van der Waals surface area contributed by atoms with E-state index in [0.29, 0.717) is 17.1 Å². The van der Waals surface area contributed by atoms with Crippen LogP contribution in [0.25, 0.3) is 10.8 Å². The van der Waals surface area contributed by atoms with E-state index in [4.69, 9.17) is 21.9 Å². The van der Waals surface area contributed by atoms with Gasteiger partial charge in [-0.25, -0.2) is 4.99 Å². The zero-order valence-electron chi connectivity index (χ0n) is 13.2. The summed E-state index contributed by atoms with van der Waals surface area (Å²) in [7, 11) is 0. The normalized spacial score (nSPS) is 21.6. The van der Waals surface area contributed by atoms with Crippen LogP contribution in [0, 0.1) is 5.41 Å². The second kappa shape index (κ2) is 5.58. The Balaban J connectivity index is 1.84. The average Bonchev–Trinajstić information content (AvgIpc) is 2.58. The number of hydrogen-bond donors (Lipinski definition) is 3. The highest BCUT2D eigenvalue weighted by molar-refractivity contribution is 6.52. The van der Waals surface area contributed by atoms with Crippen LogP contribution in [-0.2, 0) is 0 Å². The monoisotopic (exact) mass is 314 g/mol. The van der Waals surface area contributed by atoms with Crippen LogP contribution in [0.15, 0.2) is 76.8 Å². The fraction of sp³-hybridized carbons (Fsp3) is 0.100. The lowest BCUT2D eigenvalue weighted by Gasteiger charge is -2.24. The lowest BCUT2D eigenvalue weighted by molar-refractivity contribution is 0.796. The molecule has 4 nitrogen and oxygen atoms in total. The van der Waals surface area contributed by atoms with Crippen LogP contribution in [0.2, 0.25) is 0 Å². The molecule has 0 amide bonds. The van der Waals surface area contributed by atoms with Gasteiger partial charge in [-0.1, -0.05) is 42.5 Å². The first-order valence-corrected chi connectivity index (χ1v) is 7.95. The van der Waals surface area contributed by atoms with Crippen molar-refractivity contribution in [1.82, 2.24) is 0 Å². The molecule has 2 aromatic carbocycles. The minimum Gasteiger partial charge on any atom is -0.398 e. The first kappa shape index (κ1) is 14.6. The van der Waals surface area contributed by atoms with E-state index in [1.54, 1.807) is 0 Å². The van der Waals surface area contributed by atoms with E-state index in [2.05, 4.69) is 6.08 Å². The lowest BCUT2D eigenvalue weighted by Crippen LogP contribution is -2.33. The summed E-state index contributed by atoms with van der Waals surface area (Å²) >= 11 is 0. The third-order valence-electron chi connectivity index (χ3n) is 4.47. The van der Waals surface area contributed by atoms with Gasteiger partial charge in [0.25, 0.3) is 0 Å². The molecule has 0 radical (unpaired) electrons. The molecule has 0 aliphatic heterocycles. The van der Waals surface area contributed by atoms with Crippen molar-refractivity contribution in [3.8, 4) is 0 Å². The van der Waals surface area contributed by atoms with Gasteiger partial charge in [-0.05, 0) is 35.6 Å². The Morgan fingerprint density at radius 3 is 2.67 bits per heavy atom. The summed E-state index contributed by atoms with van der Waals surface area (Å²) < 4.78 is 0. The molecular formula is C20H18N4. The van der Waals surface area contributed by atoms with Crippen molar-refractivity contribution < 1.29 is 0 Å². The summed E-state index contributed by atoms with van der Waals surface area (Å²) in [6.45, 7) is 0.